The molecule has 162 valence electrons. The summed E-state index contributed by atoms with van der Waals surface area (Å²) in [5.74, 6) is -0.00783. The van der Waals surface area contributed by atoms with Crippen molar-refractivity contribution in [2.75, 3.05) is 6.54 Å². The third kappa shape index (κ3) is 4.16. The first-order valence-corrected chi connectivity index (χ1v) is 11.5. The summed E-state index contributed by atoms with van der Waals surface area (Å²) >= 11 is 1.51. The molecule has 1 fully saturated rings. The van der Waals surface area contributed by atoms with Gasteiger partial charge in [0.15, 0.2) is 0 Å². The van der Waals surface area contributed by atoms with Crippen molar-refractivity contribution in [3.8, 4) is 10.4 Å². The van der Waals surface area contributed by atoms with E-state index in [1.165, 1.54) is 11.3 Å². The minimum absolute atomic E-state index is 0.138. The molecule has 2 N–H and O–H groups in total. The van der Waals surface area contributed by atoms with Crippen LogP contribution in [0.4, 0.5) is 0 Å². The summed E-state index contributed by atoms with van der Waals surface area (Å²) in [5, 5.41) is 7.75. The zero-order valence-electron chi connectivity index (χ0n) is 17.6. The van der Waals surface area contributed by atoms with Gasteiger partial charge in [0.05, 0.1) is 21.7 Å². The molecule has 7 heteroatoms. The Morgan fingerprint density at radius 2 is 1.91 bits per heavy atom. The predicted molar refractivity (Wildman–Crippen MR) is 125 cm³/mol. The van der Waals surface area contributed by atoms with E-state index < -0.39 is 0 Å². The average Bonchev–Trinajstić information content (AvgIpc) is 3.40. The minimum Gasteiger partial charge on any atom is -0.464 e. The second-order valence-electron chi connectivity index (χ2n) is 8.04. The maximum atomic E-state index is 13.2. The molecule has 2 amide bonds. The maximum Gasteiger partial charge on any atom is 0.271 e. The summed E-state index contributed by atoms with van der Waals surface area (Å²) in [6, 6.07) is 16.9. The molecule has 5 rings (SSSR count). The van der Waals surface area contributed by atoms with E-state index >= 15 is 0 Å². The van der Waals surface area contributed by atoms with Gasteiger partial charge in [-0.1, -0.05) is 36.4 Å². The van der Waals surface area contributed by atoms with Crippen molar-refractivity contribution in [2.24, 2.45) is 5.92 Å². The van der Waals surface area contributed by atoms with E-state index in [1.54, 1.807) is 24.5 Å². The van der Waals surface area contributed by atoms with Gasteiger partial charge >= 0.3 is 0 Å². The lowest BCUT2D eigenvalue weighted by Crippen LogP contribution is -2.45. The number of thiazole rings is 1. The third-order valence-corrected chi connectivity index (χ3v) is 6.74. The number of furan rings is 1. The molecular formula is C25H23N3O3S. The normalized spacial score (nSPS) is 14.3. The zero-order valence-corrected chi connectivity index (χ0v) is 18.4. The molecule has 0 bridgehead atoms. The number of benzene rings is 2. The molecule has 0 unspecified atom stereocenters. The van der Waals surface area contributed by atoms with Crippen LogP contribution in [0.15, 0.2) is 65.3 Å². The lowest BCUT2D eigenvalue weighted by atomic mass is 10.1. The molecular weight excluding hydrogens is 422 g/mol. The number of carbonyl (C=O) groups excluding carboxylic acids is 2. The second-order valence-corrected chi connectivity index (χ2v) is 9.25. The Kier molecular flexibility index (Phi) is 5.49. The highest BCUT2D eigenvalue weighted by molar-refractivity contribution is 7.15. The molecule has 32 heavy (non-hydrogen) atoms. The Morgan fingerprint density at radius 3 is 2.69 bits per heavy atom. The van der Waals surface area contributed by atoms with Crippen LogP contribution in [0, 0.1) is 12.8 Å². The quantitative estimate of drug-likeness (QED) is 0.428. The topological polar surface area (TPSA) is 84.2 Å². The van der Waals surface area contributed by atoms with Crippen molar-refractivity contribution in [3.63, 3.8) is 0 Å². The third-order valence-electron chi connectivity index (χ3n) is 5.72. The summed E-state index contributed by atoms with van der Waals surface area (Å²) in [6.45, 7) is 2.27. The van der Waals surface area contributed by atoms with E-state index in [0.717, 1.165) is 33.7 Å². The van der Waals surface area contributed by atoms with E-state index in [0.29, 0.717) is 29.3 Å². The Morgan fingerprint density at radius 1 is 1.09 bits per heavy atom. The smallest absolute Gasteiger partial charge is 0.271 e. The van der Waals surface area contributed by atoms with Gasteiger partial charge in [-0.25, -0.2) is 4.98 Å². The fourth-order valence-electron chi connectivity index (χ4n) is 3.93. The molecule has 2 aromatic carbocycles. The number of carbonyl (C=O) groups is 2. The van der Waals surface area contributed by atoms with Crippen molar-refractivity contribution in [1.29, 1.82) is 0 Å². The summed E-state index contributed by atoms with van der Waals surface area (Å²) in [6.07, 6.45) is 3.66. The van der Waals surface area contributed by atoms with E-state index in [-0.39, 0.29) is 17.9 Å². The number of amides is 2. The first-order chi connectivity index (χ1) is 15.6. The Bertz CT molecular complexity index is 1270. The number of fused-ring (bicyclic) bond motifs is 1. The van der Waals surface area contributed by atoms with E-state index in [9.17, 15) is 9.59 Å². The highest BCUT2D eigenvalue weighted by atomic mass is 32.1. The highest BCUT2D eigenvalue weighted by Crippen LogP contribution is 2.34. The molecule has 2 aromatic heterocycles. The number of hydrogen-bond acceptors (Lipinski definition) is 5. The molecule has 1 atom stereocenters. The van der Waals surface area contributed by atoms with Gasteiger partial charge in [0.1, 0.15) is 11.3 Å². The summed E-state index contributed by atoms with van der Waals surface area (Å²) < 4.78 is 5.39. The predicted octanol–water partition coefficient (Wildman–Crippen LogP) is 4.80. The molecule has 0 saturated heterocycles. The van der Waals surface area contributed by atoms with Gasteiger partial charge in [-0.3, -0.25) is 9.59 Å². The molecule has 4 aromatic rings. The van der Waals surface area contributed by atoms with Gasteiger partial charge in [-0.05, 0) is 49.4 Å². The van der Waals surface area contributed by atoms with Gasteiger partial charge < -0.3 is 15.1 Å². The van der Waals surface area contributed by atoms with Gasteiger partial charge in [-0.2, -0.15) is 0 Å². The SMILES string of the molecule is Cc1nc(C(=O)N[C@H](CNC(=O)c2cccc3occc23)C2CC2)c(-c2ccccc2)s1. The van der Waals surface area contributed by atoms with Crippen molar-refractivity contribution >= 4 is 34.1 Å². The Balaban J connectivity index is 1.30. The molecule has 1 aliphatic carbocycles. The fraction of sp³-hybridized carbons (Fsp3) is 0.240. The highest BCUT2D eigenvalue weighted by Gasteiger charge is 2.34. The molecule has 0 spiro atoms. The largest absolute Gasteiger partial charge is 0.464 e. The zero-order chi connectivity index (χ0) is 22.1. The number of rotatable bonds is 7. The minimum atomic E-state index is -0.198. The van der Waals surface area contributed by atoms with Crippen molar-refractivity contribution in [3.05, 3.63) is 77.1 Å². The van der Waals surface area contributed by atoms with Crippen molar-refractivity contribution in [1.82, 2.24) is 15.6 Å². The molecule has 0 radical (unpaired) electrons. The maximum absolute atomic E-state index is 13.2. The van der Waals surface area contributed by atoms with Crippen LogP contribution in [0.5, 0.6) is 0 Å². The Hall–Kier alpha value is -3.45. The van der Waals surface area contributed by atoms with Crippen LogP contribution < -0.4 is 10.6 Å². The van der Waals surface area contributed by atoms with Crippen LogP contribution >= 0.6 is 11.3 Å². The van der Waals surface area contributed by atoms with Crippen LogP contribution in [0.1, 0.15) is 38.7 Å². The number of aryl methyl sites for hydroxylation is 1. The van der Waals surface area contributed by atoms with Gasteiger partial charge in [0.2, 0.25) is 0 Å². The fourth-order valence-corrected chi connectivity index (χ4v) is 4.85. The Labute approximate surface area is 189 Å². The first-order valence-electron chi connectivity index (χ1n) is 10.7. The number of nitrogens with one attached hydrogen (secondary N) is 2. The van der Waals surface area contributed by atoms with Gasteiger partial charge in [0, 0.05) is 18.0 Å². The number of nitrogens with zero attached hydrogens (tertiary/aromatic N) is 1. The molecule has 2 heterocycles. The van der Waals surface area contributed by atoms with Crippen LogP contribution in [0.3, 0.4) is 0 Å². The lowest BCUT2D eigenvalue weighted by molar-refractivity contribution is 0.0901. The van der Waals surface area contributed by atoms with E-state index in [4.69, 9.17) is 4.42 Å². The molecule has 6 nitrogen and oxygen atoms in total. The lowest BCUT2D eigenvalue weighted by Gasteiger charge is -2.19. The molecule has 1 aliphatic rings. The monoisotopic (exact) mass is 445 g/mol. The van der Waals surface area contributed by atoms with Crippen molar-refractivity contribution < 1.29 is 14.0 Å². The summed E-state index contributed by atoms with van der Waals surface area (Å²) in [7, 11) is 0. The molecule has 0 aliphatic heterocycles. The standard InChI is InChI=1S/C25H23N3O3S/c1-15-27-22(23(32-15)17-6-3-2-4-7-17)25(30)28-20(16-10-11-16)14-26-24(29)19-8-5-9-21-18(19)12-13-31-21/h2-9,12-13,16,20H,10-11,14H2,1H3,(H,26,29)(H,28,30)/t20-/m1/s1. The summed E-state index contributed by atoms with van der Waals surface area (Å²) in [5.41, 5.74) is 2.67. The van der Waals surface area contributed by atoms with Crippen molar-refractivity contribution in [2.45, 2.75) is 25.8 Å². The van der Waals surface area contributed by atoms with Gasteiger partial charge in [0.25, 0.3) is 11.8 Å². The molecule has 1 saturated carbocycles. The van der Waals surface area contributed by atoms with Gasteiger partial charge in [-0.15, -0.1) is 11.3 Å². The van der Waals surface area contributed by atoms with Crippen LogP contribution in [-0.2, 0) is 0 Å². The number of aromatic nitrogens is 1. The first kappa shape index (κ1) is 20.5. The van der Waals surface area contributed by atoms with E-state index in [2.05, 4.69) is 15.6 Å². The van der Waals surface area contributed by atoms with Crippen LogP contribution in [0.25, 0.3) is 21.4 Å². The van der Waals surface area contributed by atoms with Crippen LogP contribution in [0.2, 0.25) is 0 Å². The average molecular weight is 446 g/mol. The summed E-state index contributed by atoms with van der Waals surface area (Å²) in [4.78, 5) is 31.3. The number of hydrogen-bond donors (Lipinski definition) is 2. The van der Waals surface area contributed by atoms with Crippen LogP contribution in [-0.4, -0.2) is 29.4 Å². The van der Waals surface area contributed by atoms with E-state index in [1.807, 2.05) is 43.3 Å². The second kappa shape index (κ2) is 8.59.